The van der Waals surface area contributed by atoms with E-state index in [2.05, 4.69) is 48.4 Å². The number of nitrogens with zero attached hydrogens (tertiary/aromatic N) is 1. The lowest BCUT2D eigenvalue weighted by molar-refractivity contribution is 0.308. The van der Waals surface area contributed by atoms with Gasteiger partial charge in [-0.3, -0.25) is 0 Å². The molecule has 2 aliphatic carbocycles. The molecule has 1 aromatic rings. The van der Waals surface area contributed by atoms with Gasteiger partial charge in [-0.2, -0.15) is 0 Å². The maximum atomic E-state index is 5.84. The van der Waals surface area contributed by atoms with Crippen molar-refractivity contribution in [1.82, 2.24) is 4.90 Å². The van der Waals surface area contributed by atoms with Crippen LogP contribution in [0, 0.1) is 17.8 Å². The molecule has 4 atom stereocenters. The number of hydrogen-bond donors (Lipinski definition) is 1. The van der Waals surface area contributed by atoms with Crippen LogP contribution in [0.15, 0.2) is 36.4 Å². The summed E-state index contributed by atoms with van der Waals surface area (Å²) >= 11 is 0. The minimum atomic E-state index is 0.363. The fraction of sp³-hybridized carbons (Fsp3) is 0.500. The molecule has 2 bridgehead atoms. The topological polar surface area (TPSA) is 29.3 Å². The van der Waals surface area contributed by atoms with E-state index in [1.54, 1.807) is 0 Å². The van der Waals surface area contributed by atoms with Crippen molar-refractivity contribution in [3.8, 4) is 0 Å². The molecule has 18 heavy (non-hydrogen) atoms. The third-order valence-electron chi connectivity index (χ3n) is 5.44. The predicted molar refractivity (Wildman–Crippen MR) is 74.3 cm³/mol. The van der Waals surface area contributed by atoms with Crippen LogP contribution < -0.4 is 5.73 Å². The van der Waals surface area contributed by atoms with Crippen molar-refractivity contribution >= 4 is 5.69 Å². The maximum absolute atomic E-state index is 5.84. The fourth-order valence-electron chi connectivity index (χ4n) is 4.76. The van der Waals surface area contributed by atoms with E-state index < -0.39 is 0 Å². The summed E-state index contributed by atoms with van der Waals surface area (Å²) in [4.78, 5) is 2.51. The lowest BCUT2D eigenvalue weighted by Gasteiger charge is -2.37. The molecule has 1 saturated heterocycles. The minimum absolute atomic E-state index is 0.363. The monoisotopic (exact) mass is 240 g/mol. The van der Waals surface area contributed by atoms with Crippen LogP contribution in [0.2, 0.25) is 0 Å². The Kier molecular flexibility index (Phi) is 2.00. The smallest absolute Gasteiger partial charge is 0.0314 e. The molecule has 4 unspecified atom stereocenters. The molecule has 1 aromatic carbocycles. The van der Waals surface area contributed by atoms with Crippen LogP contribution in [0.25, 0.3) is 0 Å². The molecule has 4 rings (SSSR count). The lowest BCUT2D eigenvalue weighted by Crippen LogP contribution is -2.39. The molecule has 1 heterocycles. The zero-order valence-electron chi connectivity index (χ0n) is 10.8. The average Bonchev–Trinajstić information content (AvgIpc) is 2.99. The number of hydrogen-bond acceptors (Lipinski definition) is 2. The van der Waals surface area contributed by atoms with Gasteiger partial charge < -0.3 is 10.6 Å². The van der Waals surface area contributed by atoms with Gasteiger partial charge in [0.25, 0.3) is 0 Å². The highest BCUT2D eigenvalue weighted by atomic mass is 15.1. The van der Waals surface area contributed by atoms with Gasteiger partial charge in [-0.15, -0.1) is 0 Å². The van der Waals surface area contributed by atoms with Gasteiger partial charge in [0.05, 0.1) is 0 Å². The highest BCUT2D eigenvalue weighted by Gasteiger charge is 2.60. The number of anilines is 1. The van der Waals surface area contributed by atoms with E-state index >= 15 is 0 Å². The van der Waals surface area contributed by atoms with E-state index in [0.717, 1.165) is 23.4 Å². The van der Waals surface area contributed by atoms with Crippen molar-refractivity contribution < 1.29 is 0 Å². The van der Waals surface area contributed by atoms with E-state index in [1.165, 1.54) is 25.1 Å². The van der Waals surface area contributed by atoms with Crippen molar-refractivity contribution in [3.05, 3.63) is 42.0 Å². The average molecular weight is 240 g/mol. The molecular formula is C16H20N2. The number of nitrogen functional groups attached to an aromatic ring is 1. The second-order valence-corrected chi connectivity index (χ2v) is 6.36. The van der Waals surface area contributed by atoms with Crippen molar-refractivity contribution in [2.75, 3.05) is 25.9 Å². The van der Waals surface area contributed by atoms with Gasteiger partial charge in [-0.1, -0.05) is 24.3 Å². The molecule has 2 N–H and O–H groups in total. The first kappa shape index (κ1) is 10.6. The van der Waals surface area contributed by atoms with Crippen LogP contribution in [-0.4, -0.2) is 25.0 Å². The second-order valence-electron chi connectivity index (χ2n) is 6.36. The largest absolute Gasteiger partial charge is 0.399 e. The van der Waals surface area contributed by atoms with Gasteiger partial charge in [0.2, 0.25) is 0 Å². The Morgan fingerprint density at radius 3 is 2.78 bits per heavy atom. The van der Waals surface area contributed by atoms with Gasteiger partial charge in [0.15, 0.2) is 0 Å². The van der Waals surface area contributed by atoms with Crippen LogP contribution in [0.1, 0.15) is 12.0 Å². The van der Waals surface area contributed by atoms with Crippen molar-refractivity contribution in [2.24, 2.45) is 17.8 Å². The summed E-state index contributed by atoms with van der Waals surface area (Å²) in [6.45, 7) is 2.45. The standard InChI is InChI=1S/C16H20N2/c1-18-9-15-11-2-3-13(8-11)16(15,10-18)12-4-6-14(17)7-5-12/h2-7,11,13,15H,8-10,17H2,1H3. The molecule has 0 aromatic heterocycles. The summed E-state index contributed by atoms with van der Waals surface area (Å²) in [6.07, 6.45) is 6.30. The molecule has 3 aliphatic rings. The number of likely N-dealkylation sites (N-methyl/N-ethyl adjacent to an activating group) is 1. The number of rotatable bonds is 1. The third kappa shape index (κ3) is 1.17. The molecule has 0 spiro atoms. The zero-order valence-corrected chi connectivity index (χ0v) is 10.8. The Morgan fingerprint density at radius 2 is 2.00 bits per heavy atom. The normalized spacial score (nSPS) is 41.5. The van der Waals surface area contributed by atoms with Crippen molar-refractivity contribution in [2.45, 2.75) is 11.8 Å². The summed E-state index contributed by atoms with van der Waals surface area (Å²) in [5, 5.41) is 0. The Morgan fingerprint density at radius 1 is 1.22 bits per heavy atom. The number of benzene rings is 1. The van der Waals surface area contributed by atoms with Gasteiger partial charge >= 0.3 is 0 Å². The molecule has 1 aliphatic heterocycles. The lowest BCUT2D eigenvalue weighted by atomic mass is 9.66. The van der Waals surface area contributed by atoms with Gasteiger partial charge in [0.1, 0.15) is 0 Å². The van der Waals surface area contributed by atoms with E-state index in [-0.39, 0.29) is 0 Å². The van der Waals surface area contributed by atoms with Gasteiger partial charge in [-0.05, 0) is 48.9 Å². The fourth-order valence-corrected chi connectivity index (χ4v) is 4.76. The van der Waals surface area contributed by atoms with Crippen molar-refractivity contribution in [3.63, 3.8) is 0 Å². The number of likely N-dealkylation sites (tertiary alicyclic amines) is 1. The minimum Gasteiger partial charge on any atom is -0.399 e. The third-order valence-corrected chi connectivity index (χ3v) is 5.44. The van der Waals surface area contributed by atoms with Crippen LogP contribution in [0.5, 0.6) is 0 Å². The summed E-state index contributed by atoms with van der Waals surface area (Å²) in [6, 6.07) is 8.65. The maximum Gasteiger partial charge on any atom is 0.0314 e. The summed E-state index contributed by atoms with van der Waals surface area (Å²) in [5.74, 6) is 2.35. The Bertz CT molecular complexity index is 504. The number of fused-ring (bicyclic) bond motifs is 5. The SMILES string of the molecule is CN1CC2C3C=CC(C3)C2(c2ccc(N)cc2)C1. The summed E-state index contributed by atoms with van der Waals surface area (Å²) in [5.41, 5.74) is 8.58. The first-order chi connectivity index (χ1) is 8.70. The molecule has 2 heteroatoms. The Balaban J connectivity index is 1.85. The van der Waals surface area contributed by atoms with E-state index in [1.807, 2.05) is 0 Å². The molecule has 2 fully saturated rings. The quantitative estimate of drug-likeness (QED) is 0.603. The predicted octanol–water partition coefficient (Wildman–Crippen LogP) is 2.27. The number of allylic oxidation sites excluding steroid dienone is 2. The molecule has 1 saturated carbocycles. The molecule has 0 amide bonds. The van der Waals surface area contributed by atoms with Crippen LogP contribution >= 0.6 is 0 Å². The first-order valence-electron chi connectivity index (χ1n) is 6.93. The van der Waals surface area contributed by atoms with E-state index in [0.29, 0.717) is 5.41 Å². The highest BCUT2D eigenvalue weighted by Crippen LogP contribution is 2.60. The van der Waals surface area contributed by atoms with Gasteiger partial charge in [0, 0.05) is 24.2 Å². The van der Waals surface area contributed by atoms with E-state index in [4.69, 9.17) is 5.73 Å². The van der Waals surface area contributed by atoms with E-state index in [9.17, 15) is 0 Å². The zero-order chi connectivity index (χ0) is 12.3. The summed E-state index contributed by atoms with van der Waals surface area (Å²) < 4.78 is 0. The summed E-state index contributed by atoms with van der Waals surface area (Å²) in [7, 11) is 2.26. The number of nitrogens with two attached hydrogens (primary N) is 1. The molecule has 0 radical (unpaired) electrons. The van der Waals surface area contributed by atoms with Crippen molar-refractivity contribution in [1.29, 1.82) is 0 Å². The second kappa shape index (κ2) is 3.39. The molecule has 2 nitrogen and oxygen atoms in total. The molecule has 94 valence electrons. The Hall–Kier alpha value is -1.28. The van der Waals surface area contributed by atoms with Crippen LogP contribution in [-0.2, 0) is 5.41 Å². The Labute approximate surface area is 108 Å². The first-order valence-corrected chi connectivity index (χ1v) is 6.93. The van der Waals surface area contributed by atoms with Gasteiger partial charge in [-0.25, -0.2) is 0 Å². The van der Waals surface area contributed by atoms with Crippen LogP contribution in [0.4, 0.5) is 5.69 Å². The molecular weight excluding hydrogens is 220 g/mol. The highest BCUT2D eigenvalue weighted by molar-refractivity contribution is 5.45. The van der Waals surface area contributed by atoms with Crippen LogP contribution in [0.3, 0.4) is 0 Å².